The molecule has 0 radical (unpaired) electrons. The van der Waals surface area contributed by atoms with Crippen LogP contribution in [0.2, 0.25) is 0 Å². The standard InChI is InChI=1S/C49H58NOP/c1-46(2,3)34-26-35(47(4,5)6)29-38(28-34)52(39-30-36(48(7,8)9)27-37(31-39)49(10,11)12)44-25-19-18-23-41(44)40-22-16-17-24-42(40)45-50-43(32-51-45)33-20-14-13-15-21-33/h13-31,43H,32H2,1-12H3/t43-/m0/s1. The van der Waals surface area contributed by atoms with E-state index in [2.05, 4.69) is 198 Å². The van der Waals surface area contributed by atoms with Crippen LogP contribution >= 0.6 is 7.92 Å². The van der Waals surface area contributed by atoms with Crippen LogP contribution in [-0.2, 0) is 26.4 Å². The Morgan fingerprint density at radius 3 is 1.35 bits per heavy atom. The van der Waals surface area contributed by atoms with Crippen molar-refractivity contribution in [3.05, 3.63) is 149 Å². The molecule has 0 amide bonds. The van der Waals surface area contributed by atoms with Gasteiger partial charge >= 0.3 is 0 Å². The van der Waals surface area contributed by atoms with Gasteiger partial charge in [-0.2, -0.15) is 0 Å². The van der Waals surface area contributed by atoms with E-state index in [-0.39, 0.29) is 27.7 Å². The van der Waals surface area contributed by atoms with E-state index in [1.165, 1.54) is 49.3 Å². The van der Waals surface area contributed by atoms with Crippen LogP contribution in [0.5, 0.6) is 0 Å². The van der Waals surface area contributed by atoms with Crippen LogP contribution in [0.3, 0.4) is 0 Å². The van der Waals surface area contributed by atoms with Crippen molar-refractivity contribution < 1.29 is 4.74 Å². The summed E-state index contributed by atoms with van der Waals surface area (Å²) in [6.07, 6.45) is 0. The molecule has 0 bridgehead atoms. The second-order valence-electron chi connectivity index (χ2n) is 18.6. The molecule has 0 aliphatic carbocycles. The third-order valence-corrected chi connectivity index (χ3v) is 12.7. The van der Waals surface area contributed by atoms with Gasteiger partial charge < -0.3 is 4.74 Å². The first kappa shape index (κ1) is 37.7. The van der Waals surface area contributed by atoms with Crippen LogP contribution in [0.25, 0.3) is 11.1 Å². The Kier molecular flexibility index (Phi) is 10.2. The van der Waals surface area contributed by atoms with Crippen LogP contribution in [0.15, 0.2) is 120 Å². The molecule has 0 unspecified atom stereocenters. The zero-order chi connectivity index (χ0) is 37.6. The summed E-state index contributed by atoms with van der Waals surface area (Å²) in [7, 11) is -0.994. The molecule has 5 aromatic carbocycles. The van der Waals surface area contributed by atoms with E-state index in [1.54, 1.807) is 0 Å². The van der Waals surface area contributed by atoms with E-state index in [9.17, 15) is 0 Å². The van der Waals surface area contributed by atoms with Gasteiger partial charge in [-0.05, 0) is 90.5 Å². The maximum Gasteiger partial charge on any atom is 0.217 e. The number of hydrogen-bond acceptors (Lipinski definition) is 2. The zero-order valence-electron chi connectivity index (χ0n) is 33.6. The Labute approximate surface area is 315 Å². The van der Waals surface area contributed by atoms with Gasteiger partial charge in [-0.25, -0.2) is 4.99 Å². The van der Waals surface area contributed by atoms with Gasteiger partial charge in [0.2, 0.25) is 5.90 Å². The summed E-state index contributed by atoms with van der Waals surface area (Å²) in [5, 5.41) is 4.13. The lowest BCUT2D eigenvalue weighted by molar-refractivity contribution is 0.320. The molecule has 0 aromatic heterocycles. The van der Waals surface area contributed by atoms with Gasteiger partial charge in [0.1, 0.15) is 12.6 Å². The molecular weight excluding hydrogens is 650 g/mol. The lowest BCUT2D eigenvalue weighted by Gasteiger charge is -2.32. The molecule has 0 fully saturated rings. The Bertz CT molecular complexity index is 1940. The Hall–Kier alpha value is -4.00. The van der Waals surface area contributed by atoms with Gasteiger partial charge in [0.05, 0.1) is 0 Å². The number of benzene rings is 5. The molecule has 1 heterocycles. The number of aliphatic imine (C=N–C) groups is 1. The highest BCUT2D eigenvalue weighted by Crippen LogP contribution is 2.43. The number of hydrogen-bond donors (Lipinski definition) is 0. The minimum absolute atomic E-state index is 0.000207. The van der Waals surface area contributed by atoms with Crippen LogP contribution in [-0.4, -0.2) is 12.5 Å². The molecule has 6 rings (SSSR count). The maximum absolute atomic E-state index is 6.41. The summed E-state index contributed by atoms with van der Waals surface area (Å²) in [6, 6.07) is 43.2. The van der Waals surface area contributed by atoms with E-state index in [1.807, 2.05) is 0 Å². The molecule has 0 spiro atoms. The predicted octanol–water partition coefficient (Wildman–Crippen LogP) is 11.8. The number of rotatable bonds is 6. The summed E-state index contributed by atoms with van der Waals surface area (Å²) in [5.41, 5.74) is 10.1. The molecule has 1 aliphatic heterocycles. The van der Waals surface area contributed by atoms with E-state index < -0.39 is 7.92 Å². The second-order valence-corrected chi connectivity index (χ2v) is 20.8. The van der Waals surface area contributed by atoms with E-state index in [4.69, 9.17) is 9.73 Å². The summed E-state index contributed by atoms with van der Waals surface area (Å²) in [6.45, 7) is 28.6. The summed E-state index contributed by atoms with van der Waals surface area (Å²) in [4.78, 5) is 5.16. The normalized spacial score (nSPS) is 15.5. The topological polar surface area (TPSA) is 21.6 Å². The first-order chi connectivity index (χ1) is 24.3. The monoisotopic (exact) mass is 707 g/mol. The Balaban J connectivity index is 1.64. The molecule has 0 saturated heterocycles. The van der Waals surface area contributed by atoms with Crippen molar-refractivity contribution in [3.63, 3.8) is 0 Å². The molecule has 52 heavy (non-hydrogen) atoms. The van der Waals surface area contributed by atoms with Gasteiger partial charge in [0.15, 0.2) is 0 Å². The van der Waals surface area contributed by atoms with Crippen molar-refractivity contribution in [1.82, 2.24) is 0 Å². The Morgan fingerprint density at radius 2 is 0.885 bits per heavy atom. The summed E-state index contributed by atoms with van der Waals surface area (Å²) in [5.74, 6) is 0.720. The van der Waals surface area contributed by atoms with E-state index in [0.29, 0.717) is 6.61 Å². The van der Waals surface area contributed by atoms with Crippen molar-refractivity contribution in [1.29, 1.82) is 0 Å². The zero-order valence-corrected chi connectivity index (χ0v) is 34.5. The highest BCUT2D eigenvalue weighted by atomic mass is 31.1. The molecule has 0 saturated carbocycles. The quantitative estimate of drug-likeness (QED) is 0.161. The third-order valence-electron chi connectivity index (χ3n) is 10.2. The van der Waals surface area contributed by atoms with Crippen LogP contribution in [0.4, 0.5) is 0 Å². The fourth-order valence-electron chi connectivity index (χ4n) is 6.81. The molecule has 1 aliphatic rings. The van der Waals surface area contributed by atoms with Crippen LogP contribution in [0, 0.1) is 0 Å². The first-order valence-electron chi connectivity index (χ1n) is 18.9. The number of nitrogens with zero attached hydrogens (tertiary/aromatic N) is 1. The van der Waals surface area contributed by atoms with Crippen molar-refractivity contribution in [3.8, 4) is 11.1 Å². The van der Waals surface area contributed by atoms with Gasteiger partial charge in [0.25, 0.3) is 0 Å². The largest absolute Gasteiger partial charge is 0.475 e. The lowest BCUT2D eigenvalue weighted by atomic mass is 9.81. The molecule has 270 valence electrons. The van der Waals surface area contributed by atoms with Gasteiger partial charge in [-0.1, -0.05) is 192 Å². The first-order valence-corrected chi connectivity index (χ1v) is 20.2. The van der Waals surface area contributed by atoms with E-state index in [0.717, 1.165) is 17.0 Å². The van der Waals surface area contributed by atoms with Gasteiger partial charge in [-0.3, -0.25) is 0 Å². The highest BCUT2D eigenvalue weighted by Gasteiger charge is 2.30. The minimum atomic E-state index is -0.994. The molecule has 3 heteroatoms. The van der Waals surface area contributed by atoms with Crippen molar-refractivity contribution in [2.45, 2.75) is 111 Å². The number of ether oxygens (including phenoxy) is 1. The molecular formula is C49H58NOP. The van der Waals surface area contributed by atoms with E-state index >= 15 is 0 Å². The minimum Gasteiger partial charge on any atom is -0.475 e. The van der Waals surface area contributed by atoms with Gasteiger partial charge in [-0.15, -0.1) is 0 Å². The van der Waals surface area contributed by atoms with Gasteiger partial charge in [0, 0.05) is 5.56 Å². The molecule has 5 aromatic rings. The highest BCUT2D eigenvalue weighted by molar-refractivity contribution is 7.80. The van der Waals surface area contributed by atoms with Crippen LogP contribution in [0.1, 0.15) is 123 Å². The average molecular weight is 708 g/mol. The SMILES string of the molecule is CC(C)(C)c1cc(P(c2cc(C(C)(C)C)cc(C(C)(C)C)c2)c2ccccc2-c2ccccc2C2=N[C@H](c3ccccc3)CO2)cc(C(C)(C)C)c1. The maximum atomic E-state index is 6.41. The summed E-state index contributed by atoms with van der Waals surface area (Å²) >= 11 is 0. The third kappa shape index (κ3) is 8.14. The van der Waals surface area contributed by atoms with Crippen molar-refractivity contribution >= 4 is 29.7 Å². The summed E-state index contributed by atoms with van der Waals surface area (Å²) < 4.78 is 6.41. The fourth-order valence-corrected chi connectivity index (χ4v) is 9.41. The van der Waals surface area contributed by atoms with Crippen molar-refractivity contribution in [2.75, 3.05) is 6.61 Å². The molecule has 2 nitrogen and oxygen atoms in total. The predicted molar refractivity (Wildman–Crippen MR) is 227 cm³/mol. The molecule has 0 N–H and O–H groups in total. The van der Waals surface area contributed by atoms with Crippen molar-refractivity contribution in [2.24, 2.45) is 4.99 Å². The smallest absolute Gasteiger partial charge is 0.217 e. The molecule has 1 atom stereocenters. The lowest BCUT2D eigenvalue weighted by Crippen LogP contribution is -2.28. The average Bonchev–Trinajstić information content (AvgIpc) is 3.58. The second kappa shape index (κ2) is 14.1. The van der Waals surface area contributed by atoms with Crippen LogP contribution < -0.4 is 15.9 Å². The Morgan fingerprint density at radius 1 is 0.481 bits per heavy atom. The fraction of sp³-hybridized carbons (Fsp3) is 0.367.